The van der Waals surface area contributed by atoms with Gasteiger partial charge in [0.2, 0.25) is 0 Å². The third-order valence-electron chi connectivity index (χ3n) is 6.24. The molecule has 1 atom stereocenters. The lowest BCUT2D eigenvalue weighted by Crippen LogP contribution is -2.28. The van der Waals surface area contributed by atoms with Crippen LogP contribution in [0, 0.1) is 5.82 Å². The second kappa shape index (κ2) is 12.0. The molecule has 37 heavy (non-hydrogen) atoms. The summed E-state index contributed by atoms with van der Waals surface area (Å²) in [7, 11) is 0. The quantitative estimate of drug-likeness (QED) is 0.224. The molecule has 0 aliphatic heterocycles. The summed E-state index contributed by atoms with van der Waals surface area (Å²) in [5, 5.41) is 16.1. The van der Waals surface area contributed by atoms with Gasteiger partial charge in [-0.15, -0.1) is 0 Å². The molecule has 0 saturated carbocycles. The van der Waals surface area contributed by atoms with Crippen LogP contribution in [0.2, 0.25) is 0 Å². The van der Waals surface area contributed by atoms with Crippen molar-refractivity contribution < 1.29 is 14.3 Å². The van der Waals surface area contributed by atoms with Crippen LogP contribution in [0.15, 0.2) is 84.9 Å². The van der Waals surface area contributed by atoms with Crippen LogP contribution in [0.25, 0.3) is 22.4 Å². The minimum Gasteiger partial charge on any atom is -0.392 e. The molecule has 0 radical (unpaired) electrons. The highest BCUT2D eigenvalue weighted by Gasteiger charge is 2.30. The molecule has 0 bridgehead atoms. The SMILES string of the molecule is CC(C)c1c(C(=O)Nc2ccccc2)c(-c2ccccc2)c(-c2ccc(F)cc2)n1CCNC[C@H](C)O. The summed E-state index contributed by atoms with van der Waals surface area (Å²) in [4.78, 5) is 14.0. The third kappa shape index (κ3) is 6.16. The maximum Gasteiger partial charge on any atom is 0.258 e. The third-order valence-corrected chi connectivity index (χ3v) is 6.24. The maximum atomic E-state index is 14.0. The molecule has 3 aromatic carbocycles. The van der Waals surface area contributed by atoms with Crippen molar-refractivity contribution in [2.24, 2.45) is 0 Å². The molecule has 4 rings (SSSR count). The average Bonchev–Trinajstić information content (AvgIpc) is 3.23. The lowest BCUT2D eigenvalue weighted by molar-refractivity contribution is 0.102. The normalized spacial score (nSPS) is 12.1. The van der Waals surface area contributed by atoms with Gasteiger partial charge in [-0.05, 0) is 60.4 Å². The summed E-state index contributed by atoms with van der Waals surface area (Å²) in [6.45, 7) is 7.55. The Balaban J connectivity index is 1.96. The fourth-order valence-electron chi connectivity index (χ4n) is 4.71. The van der Waals surface area contributed by atoms with E-state index < -0.39 is 6.10 Å². The number of carbonyl (C=O) groups is 1. The van der Waals surface area contributed by atoms with E-state index >= 15 is 0 Å². The lowest BCUT2D eigenvalue weighted by atomic mass is 9.94. The summed E-state index contributed by atoms with van der Waals surface area (Å²) in [6.07, 6.45) is -0.460. The minimum absolute atomic E-state index is 0.0324. The van der Waals surface area contributed by atoms with Gasteiger partial charge in [-0.25, -0.2) is 4.39 Å². The zero-order valence-corrected chi connectivity index (χ0v) is 21.5. The molecule has 0 fully saturated rings. The van der Waals surface area contributed by atoms with Crippen molar-refractivity contribution in [1.82, 2.24) is 9.88 Å². The predicted octanol–water partition coefficient (Wildman–Crippen LogP) is 6.31. The molecule has 4 aromatic rings. The fraction of sp³-hybridized carbons (Fsp3) is 0.258. The van der Waals surface area contributed by atoms with Crippen LogP contribution < -0.4 is 10.6 Å². The Labute approximate surface area is 218 Å². The molecule has 6 heteroatoms. The maximum absolute atomic E-state index is 14.0. The Morgan fingerprint density at radius 1 is 0.892 bits per heavy atom. The van der Waals surface area contributed by atoms with E-state index in [0.29, 0.717) is 25.2 Å². The van der Waals surface area contributed by atoms with Gasteiger partial charge >= 0.3 is 0 Å². The highest BCUT2D eigenvalue weighted by atomic mass is 19.1. The van der Waals surface area contributed by atoms with E-state index in [-0.39, 0.29) is 17.6 Å². The molecular weight excluding hydrogens is 465 g/mol. The lowest BCUT2D eigenvalue weighted by Gasteiger charge is -2.18. The van der Waals surface area contributed by atoms with Crippen molar-refractivity contribution in [2.45, 2.75) is 39.3 Å². The molecule has 1 amide bonds. The van der Waals surface area contributed by atoms with Crippen LogP contribution in [0.1, 0.15) is 42.7 Å². The number of para-hydroxylation sites is 1. The number of anilines is 1. The largest absolute Gasteiger partial charge is 0.392 e. The number of benzene rings is 3. The van der Waals surface area contributed by atoms with Gasteiger partial charge in [-0.2, -0.15) is 0 Å². The molecule has 0 unspecified atom stereocenters. The van der Waals surface area contributed by atoms with E-state index in [1.807, 2.05) is 60.7 Å². The molecule has 1 aromatic heterocycles. The van der Waals surface area contributed by atoms with Gasteiger partial charge in [0.1, 0.15) is 5.82 Å². The molecule has 5 nitrogen and oxygen atoms in total. The van der Waals surface area contributed by atoms with Crippen LogP contribution in [0.3, 0.4) is 0 Å². The molecule has 0 aliphatic rings. The number of aliphatic hydroxyl groups excluding tert-OH is 1. The van der Waals surface area contributed by atoms with Crippen molar-refractivity contribution in [3.8, 4) is 22.4 Å². The number of hydrogen-bond donors (Lipinski definition) is 3. The Kier molecular flexibility index (Phi) is 8.54. The first-order chi connectivity index (χ1) is 17.9. The number of amides is 1. The van der Waals surface area contributed by atoms with E-state index in [4.69, 9.17) is 0 Å². The second-order valence-corrected chi connectivity index (χ2v) is 9.54. The standard InChI is InChI=1S/C31H34FN3O2/c1-21(2)29-28(31(37)34-26-12-8-5-9-13-26)27(23-10-6-4-7-11-23)30(24-14-16-25(32)17-15-24)35(29)19-18-33-20-22(3)36/h4-17,21-22,33,36H,18-20H2,1-3H3,(H,34,37)/t22-/m0/s1. The first-order valence-corrected chi connectivity index (χ1v) is 12.7. The monoisotopic (exact) mass is 499 g/mol. The van der Waals surface area contributed by atoms with Crippen molar-refractivity contribution in [3.63, 3.8) is 0 Å². The van der Waals surface area contributed by atoms with Gasteiger partial charge in [0.15, 0.2) is 0 Å². The minimum atomic E-state index is -0.460. The molecule has 0 spiro atoms. The van der Waals surface area contributed by atoms with Gasteiger partial charge in [0.25, 0.3) is 5.91 Å². The molecule has 1 heterocycles. The number of nitrogens with one attached hydrogen (secondary N) is 2. The van der Waals surface area contributed by atoms with Gasteiger partial charge < -0.3 is 20.3 Å². The van der Waals surface area contributed by atoms with Crippen LogP contribution in [-0.4, -0.2) is 34.8 Å². The smallest absolute Gasteiger partial charge is 0.258 e. The molecule has 0 saturated heterocycles. The zero-order chi connectivity index (χ0) is 26.4. The van der Waals surface area contributed by atoms with E-state index in [2.05, 4.69) is 29.0 Å². The summed E-state index contributed by atoms with van der Waals surface area (Å²) in [5.74, 6) is -0.467. The summed E-state index contributed by atoms with van der Waals surface area (Å²) in [6, 6.07) is 25.7. The van der Waals surface area contributed by atoms with Crippen LogP contribution in [0.5, 0.6) is 0 Å². The van der Waals surface area contributed by atoms with Gasteiger partial charge in [-0.1, -0.05) is 62.4 Å². The first-order valence-electron chi connectivity index (χ1n) is 12.7. The average molecular weight is 500 g/mol. The number of carbonyl (C=O) groups excluding carboxylic acids is 1. The predicted molar refractivity (Wildman–Crippen MR) is 148 cm³/mol. The van der Waals surface area contributed by atoms with E-state index in [1.165, 1.54) is 12.1 Å². The van der Waals surface area contributed by atoms with Crippen molar-refractivity contribution in [2.75, 3.05) is 18.4 Å². The Hall–Kier alpha value is -3.74. The Morgan fingerprint density at radius 3 is 2.11 bits per heavy atom. The first kappa shape index (κ1) is 26.3. The highest BCUT2D eigenvalue weighted by molar-refractivity contribution is 6.12. The number of rotatable bonds is 10. The van der Waals surface area contributed by atoms with E-state index in [9.17, 15) is 14.3 Å². The van der Waals surface area contributed by atoms with E-state index in [0.717, 1.165) is 33.8 Å². The van der Waals surface area contributed by atoms with Crippen LogP contribution in [-0.2, 0) is 6.54 Å². The zero-order valence-electron chi connectivity index (χ0n) is 21.5. The van der Waals surface area contributed by atoms with Gasteiger partial charge in [0.05, 0.1) is 17.4 Å². The van der Waals surface area contributed by atoms with Gasteiger partial charge in [-0.3, -0.25) is 4.79 Å². The van der Waals surface area contributed by atoms with Crippen LogP contribution >= 0.6 is 0 Å². The fourth-order valence-corrected chi connectivity index (χ4v) is 4.71. The second-order valence-electron chi connectivity index (χ2n) is 9.54. The number of aliphatic hydroxyl groups is 1. The summed E-state index contributed by atoms with van der Waals surface area (Å²) < 4.78 is 16.1. The molecule has 192 valence electrons. The van der Waals surface area contributed by atoms with Crippen LogP contribution in [0.4, 0.5) is 10.1 Å². The number of hydrogen-bond acceptors (Lipinski definition) is 3. The van der Waals surface area contributed by atoms with Gasteiger partial charge in [0, 0.05) is 36.6 Å². The number of nitrogens with zero attached hydrogens (tertiary/aromatic N) is 1. The molecule has 3 N–H and O–H groups in total. The summed E-state index contributed by atoms with van der Waals surface area (Å²) >= 11 is 0. The van der Waals surface area contributed by atoms with E-state index in [1.54, 1.807) is 19.1 Å². The Bertz CT molecular complexity index is 1310. The van der Waals surface area contributed by atoms with Crippen molar-refractivity contribution in [3.05, 3.63) is 102 Å². The number of aromatic nitrogens is 1. The van der Waals surface area contributed by atoms with Crippen molar-refractivity contribution in [1.29, 1.82) is 0 Å². The summed E-state index contributed by atoms with van der Waals surface area (Å²) in [5.41, 5.74) is 5.67. The highest BCUT2D eigenvalue weighted by Crippen LogP contribution is 2.42. The Morgan fingerprint density at radius 2 is 1.51 bits per heavy atom. The number of halogens is 1. The topological polar surface area (TPSA) is 66.3 Å². The van der Waals surface area contributed by atoms with Crippen molar-refractivity contribution >= 4 is 11.6 Å². The molecular formula is C31H34FN3O2. The molecule has 0 aliphatic carbocycles.